The van der Waals surface area contributed by atoms with Crippen molar-refractivity contribution >= 4 is 11.4 Å². The second-order valence-electron chi connectivity index (χ2n) is 3.60. The number of benzene rings is 2. The second-order valence-corrected chi connectivity index (χ2v) is 3.60. The van der Waals surface area contributed by atoms with Crippen LogP contribution >= 0.6 is 0 Å². The van der Waals surface area contributed by atoms with Gasteiger partial charge in [0.2, 0.25) is 0 Å². The number of ether oxygens (including phenoxy) is 1. The molecule has 0 fully saturated rings. The van der Waals surface area contributed by atoms with Gasteiger partial charge in [0.15, 0.2) is 0 Å². The summed E-state index contributed by atoms with van der Waals surface area (Å²) >= 11 is 0. The normalized spacial score (nSPS) is 10.7. The third-order valence-electron chi connectivity index (χ3n) is 2.23. The quantitative estimate of drug-likeness (QED) is 0.816. The molecular weight excluding hydrogens is 228 g/mol. The van der Waals surface area contributed by atoms with Crippen molar-refractivity contribution in [1.29, 1.82) is 0 Å². The highest BCUT2D eigenvalue weighted by Crippen LogP contribution is 2.20. The lowest BCUT2D eigenvalue weighted by molar-refractivity contribution is 0.201. The summed E-state index contributed by atoms with van der Waals surface area (Å²) in [5.74, 6) is 0.711. The monoisotopic (exact) mass is 242 g/mol. The Morgan fingerprint density at radius 3 is 2.06 bits per heavy atom. The molecule has 4 heteroatoms. The van der Waals surface area contributed by atoms with Crippen LogP contribution < -0.4 is 4.74 Å². The Hall–Kier alpha value is -2.20. The number of nitrogens with zero attached hydrogens (tertiary/aromatic N) is 2. The Morgan fingerprint density at radius 1 is 0.833 bits per heavy atom. The van der Waals surface area contributed by atoms with Gasteiger partial charge in [0.1, 0.15) is 12.4 Å². The van der Waals surface area contributed by atoms with E-state index in [0.29, 0.717) is 12.4 Å². The molecule has 18 heavy (non-hydrogen) atoms. The number of rotatable bonds is 5. The van der Waals surface area contributed by atoms with E-state index < -0.39 is 0 Å². The summed E-state index contributed by atoms with van der Waals surface area (Å²) in [4.78, 5) is 0. The van der Waals surface area contributed by atoms with E-state index in [9.17, 15) is 0 Å². The molecule has 0 unspecified atom stereocenters. The largest absolute Gasteiger partial charge is 0.491 e. The maximum atomic E-state index is 8.63. The number of hydrogen-bond acceptors (Lipinski definition) is 4. The zero-order chi connectivity index (χ0) is 12.6. The van der Waals surface area contributed by atoms with Crippen LogP contribution in [0.3, 0.4) is 0 Å². The van der Waals surface area contributed by atoms with Crippen LogP contribution in [-0.4, -0.2) is 18.3 Å². The van der Waals surface area contributed by atoms with Crippen molar-refractivity contribution in [2.75, 3.05) is 13.2 Å². The molecule has 0 aromatic heterocycles. The van der Waals surface area contributed by atoms with Crippen LogP contribution in [0.4, 0.5) is 11.4 Å². The fourth-order valence-corrected chi connectivity index (χ4v) is 1.38. The molecular formula is C14H14N2O2. The lowest BCUT2D eigenvalue weighted by Crippen LogP contribution is -2.00. The predicted octanol–water partition coefficient (Wildman–Crippen LogP) is 3.47. The first-order valence-electron chi connectivity index (χ1n) is 5.69. The lowest BCUT2D eigenvalue weighted by atomic mass is 10.3. The van der Waals surface area contributed by atoms with Crippen molar-refractivity contribution in [2.24, 2.45) is 10.2 Å². The minimum absolute atomic E-state index is 0.00939. The van der Waals surface area contributed by atoms with Crippen LogP contribution in [-0.2, 0) is 0 Å². The first kappa shape index (κ1) is 12.3. The summed E-state index contributed by atoms with van der Waals surface area (Å²) in [7, 11) is 0. The van der Waals surface area contributed by atoms with Crippen LogP contribution in [0.15, 0.2) is 64.8 Å². The highest BCUT2D eigenvalue weighted by atomic mass is 16.5. The molecule has 0 aliphatic rings. The predicted molar refractivity (Wildman–Crippen MR) is 69.6 cm³/mol. The van der Waals surface area contributed by atoms with Gasteiger partial charge >= 0.3 is 0 Å². The number of aliphatic hydroxyl groups is 1. The maximum Gasteiger partial charge on any atom is 0.119 e. The molecule has 2 rings (SSSR count). The van der Waals surface area contributed by atoms with Crippen molar-refractivity contribution in [2.45, 2.75) is 0 Å². The van der Waals surface area contributed by atoms with Crippen LogP contribution in [0.1, 0.15) is 0 Å². The number of aliphatic hydroxyl groups excluding tert-OH is 1. The van der Waals surface area contributed by atoms with E-state index in [1.165, 1.54) is 0 Å². The van der Waals surface area contributed by atoms with E-state index in [1.807, 2.05) is 42.5 Å². The Morgan fingerprint density at radius 2 is 1.44 bits per heavy atom. The third-order valence-corrected chi connectivity index (χ3v) is 2.23. The van der Waals surface area contributed by atoms with E-state index in [-0.39, 0.29) is 6.61 Å². The fourth-order valence-electron chi connectivity index (χ4n) is 1.38. The number of hydrogen-bond donors (Lipinski definition) is 1. The first-order valence-corrected chi connectivity index (χ1v) is 5.69. The lowest BCUT2D eigenvalue weighted by Gasteiger charge is -2.03. The fraction of sp³-hybridized carbons (Fsp3) is 0.143. The summed E-state index contributed by atoms with van der Waals surface area (Å²) in [5, 5.41) is 16.9. The molecule has 0 aliphatic carbocycles. The van der Waals surface area contributed by atoms with Gasteiger partial charge in [0.05, 0.1) is 18.0 Å². The van der Waals surface area contributed by atoms with E-state index in [0.717, 1.165) is 11.4 Å². The van der Waals surface area contributed by atoms with Gasteiger partial charge in [-0.15, -0.1) is 0 Å². The van der Waals surface area contributed by atoms with Gasteiger partial charge in [-0.3, -0.25) is 0 Å². The topological polar surface area (TPSA) is 54.2 Å². The molecule has 1 N–H and O–H groups in total. The zero-order valence-corrected chi connectivity index (χ0v) is 9.86. The molecule has 0 spiro atoms. The Kier molecular flexibility index (Phi) is 4.44. The summed E-state index contributed by atoms with van der Waals surface area (Å²) < 4.78 is 5.25. The molecule has 0 saturated heterocycles. The van der Waals surface area contributed by atoms with E-state index in [2.05, 4.69) is 10.2 Å². The zero-order valence-electron chi connectivity index (χ0n) is 9.86. The first-order chi connectivity index (χ1) is 8.88. The molecule has 0 amide bonds. The summed E-state index contributed by atoms with van der Waals surface area (Å²) in [6.45, 7) is 0.306. The van der Waals surface area contributed by atoms with Gasteiger partial charge in [-0.05, 0) is 36.4 Å². The van der Waals surface area contributed by atoms with E-state index >= 15 is 0 Å². The van der Waals surface area contributed by atoms with Gasteiger partial charge in [0.25, 0.3) is 0 Å². The Labute approximate surface area is 106 Å². The highest BCUT2D eigenvalue weighted by molar-refractivity contribution is 5.42. The molecule has 4 nitrogen and oxygen atoms in total. The average molecular weight is 242 g/mol. The van der Waals surface area contributed by atoms with Crippen molar-refractivity contribution in [3.05, 3.63) is 54.6 Å². The molecule has 92 valence electrons. The summed E-state index contributed by atoms with van der Waals surface area (Å²) in [6, 6.07) is 16.8. The highest BCUT2D eigenvalue weighted by Gasteiger charge is 1.94. The van der Waals surface area contributed by atoms with Crippen molar-refractivity contribution in [3.63, 3.8) is 0 Å². The third kappa shape index (κ3) is 3.68. The molecule has 2 aromatic rings. The van der Waals surface area contributed by atoms with Crippen LogP contribution in [0.5, 0.6) is 5.75 Å². The van der Waals surface area contributed by atoms with Crippen LogP contribution in [0.2, 0.25) is 0 Å². The molecule has 0 aliphatic heterocycles. The van der Waals surface area contributed by atoms with Crippen molar-refractivity contribution < 1.29 is 9.84 Å². The number of azo groups is 1. The van der Waals surface area contributed by atoms with Crippen LogP contribution in [0, 0.1) is 0 Å². The van der Waals surface area contributed by atoms with Gasteiger partial charge < -0.3 is 9.84 Å². The Bertz CT molecular complexity index is 495. The molecule has 0 heterocycles. The van der Waals surface area contributed by atoms with E-state index in [1.54, 1.807) is 12.1 Å². The van der Waals surface area contributed by atoms with Gasteiger partial charge in [-0.1, -0.05) is 18.2 Å². The average Bonchev–Trinajstić information content (AvgIpc) is 2.45. The molecule has 0 bridgehead atoms. The summed E-state index contributed by atoms with van der Waals surface area (Å²) in [6.07, 6.45) is 0. The van der Waals surface area contributed by atoms with Gasteiger partial charge in [-0.2, -0.15) is 10.2 Å². The van der Waals surface area contributed by atoms with Gasteiger partial charge in [-0.25, -0.2) is 0 Å². The molecule has 2 aromatic carbocycles. The minimum atomic E-state index is 0.00939. The van der Waals surface area contributed by atoms with E-state index in [4.69, 9.17) is 9.84 Å². The minimum Gasteiger partial charge on any atom is -0.491 e. The molecule has 0 atom stereocenters. The SMILES string of the molecule is OCCOc1ccc(/N=N/c2ccccc2)cc1. The second kappa shape index (κ2) is 6.51. The smallest absolute Gasteiger partial charge is 0.119 e. The van der Waals surface area contributed by atoms with Crippen LogP contribution in [0.25, 0.3) is 0 Å². The summed E-state index contributed by atoms with van der Waals surface area (Å²) in [5.41, 5.74) is 1.58. The van der Waals surface area contributed by atoms with Crippen molar-refractivity contribution in [1.82, 2.24) is 0 Å². The molecule has 0 radical (unpaired) electrons. The Balaban J connectivity index is 2.00. The maximum absolute atomic E-state index is 8.63. The van der Waals surface area contributed by atoms with Gasteiger partial charge in [0, 0.05) is 0 Å². The standard InChI is InChI=1S/C14H14N2O2/c17-10-11-18-14-8-6-13(7-9-14)16-15-12-4-2-1-3-5-12/h1-9,17H,10-11H2/b16-15+. The van der Waals surface area contributed by atoms with Crippen molar-refractivity contribution in [3.8, 4) is 5.75 Å². The molecule has 0 saturated carbocycles.